The maximum absolute atomic E-state index is 5.51. The molecule has 0 spiro atoms. The Labute approximate surface area is 73.1 Å². The van der Waals surface area contributed by atoms with Gasteiger partial charge in [-0.2, -0.15) is 0 Å². The number of nitrogens with zero attached hydrogens (tertiary/aromatic N) is 2. The molecule has 0 aromatic carbocycles. The van der Waals surface area contributed by atoms with Crippen molar-refractivity contribution >= 4 is 34.8 Å². The van der Waals surface area contributed by atoms with Gasteiger partial charge in [-0.05, 0) is 0 Å². The second-order valence-corrected chi connectivity index (χ2v) is 3.09. The quantitative estimate of drug-likeness (QED) is 0.647. The van der Waals surface area contributed by atoms with Crippen LogP contribution in [0.15, 0.2) is 12.4 Å². The van der Waals surface area contributed by atoms with E-state index >= 15 is 0 Å². The number of rotatable bonds is 1. The topological polar surface area (TPSA) is 25.8 Å². The average Bonchev–Trinajstić information content (AvgIpc) is 1.88. The molecule has 0 bridgehead atoms. The Morgan fingerprint density at radius 3 is 2.10 bits per heavy atom. The monoisotopic (exact) mass is 196 g/mol. The standard InChI is InChI=1S/C5H3Cl3N2/c6-3-1-9-5(4(7)8)10-2-3/h1-2,4H. The fraction of sp³-hybridized carbons (Fsp3) is 0.200. The van der Waals surface area contributed by atoms with E-state index in [4.69, 9.17) is 34.8 Å². The largest absolute Gasteiger partial charge is 0.237 e. The van der Waals surface area contributed by atoms with E-state index in [0.29, 0.717) is 10.8 Å². The fourth-order valence-corrected chi connectivity index (χ4v) is 0.758. The molecule has 0 aliphatic heterocycles. The molecule has 0 saturated carbocycles. The molecule has 0 atom stereocenters. The van der Waals surface area contributed by atoms with Gasteiger partial charge < -0.3 is 0 Å². The Bertz CT molecular complexity index is 209. The number of hydrogen-bond acceptors (Lipinski definition) is 2. The highest BCUT2D eigenvalue weighted by Crippen LogP contribution is 2.20. The number of alkyl halides is 2. The predicted octanol–water partition coefficient (Wildman–Crippen LogP) is 2.61. The van der Waals surface area contributed by atoms with Crippen molar-refractivity contribution in [2.24, 2.45) is 0 Å². The smallest absolute Gasteiger partial charge is 0.167 e. The molecule has 0 radical (unpaired) electrons. The molecule has 10 heavy (non-hydrogen) atoms. The van der Waals surface area contributed by atoms with Crippen LogP contribution in [0, 0.1) is 0 Å². The summed E-state index contributed by atoms with van der Waals surface area (Å²) in [5, 5.41) is 0.470. The molecule has 0 aliphatic rings. The second-order valence-electron chi connectivity index (χ2n) is 1.56. The minimum Gasteiger partial charge on any atom is -0.237 e. The van der Waals surface area contributed by atoms with Gasteiger partial charge >= 0.3 is 0 Å². The third-order valence-corrected chi connectivity index (χ3v) is 1.42. The summed E-state index contributed by atoms with van der Waals surface area (Å²) in [5.41, 5.74) is 0. The van der Waals surface area contributed by atoms with Crippen molar-refractivity contribution in [3.8, 4) is 0 Å². The van der Waals surface area contributed by atoms with Crippen molar-refractivity contribution in [1.29, 1.82) is 0 Å². The first-order valence-corrected chi connectivity index (χ1v) is 3.71. The molecule has 0 unspecified atom stereocenters. The van der Waals surface area contributed by atoms with Crippen molar-refractivity contribution in [2.75, 3.05) is 0 Å². The molecule has 5 heteroatoms. The van der Waals surface area contributed by atoms with Gasteiger partial charge in [-0.1, -0.05) is 34.8 Å². The van der Waals surface area contributed by atoms with Crippen LogP contribution in [0.4, 0.5) is 0 Å². The molecule has 0 N–H and O–H groups in total. The zero-order valence-electron chi connectivity index (χ0n) is 4.76. The van der Waals surface area contributed by atoms with Crippen molar-refractivity contribution in [2.45, 2.75) is 4.84 Å². The maximum atomic E-state index is 5.51. The molecule has 2 nitrogen and oxygen atoms in total. The van der Waals surface area contributed by atoms with Crippen LogP contribution < -0.4 is 0 Å². The predicted molar refractivity (Wildman–Crippen MR) is 41.5 cm³/mol. The van der Waals surface area contributed by atoms with Crippen LogP contribution in [0.5, 0.6) is 0 Å². The fourth-order valence-electron chi connectivity index (χ4n) is 0.435. The normalized spacial score (nSPS) is 10.4. The molecule has 1 rings (SSSR count). The molecule has 1 heterocycles. The van der Waals surface area contributed by atoms with Gasteiger partial charge in [0.05, 0.1) is 5.02 Å². The number of aromatic nitrogens is 2. The molecule has 1 aromatic rings. The maximum Gasteiger partial charge on any atom is 0.167 e. The summed E-state index contributed by atoms with van der Waals surface area (Å²) < 4.78 is 0. The van der Waals surface area contributed by atoms with Crippen molar-refractivity contribution in [1.82, 2.24) is 9.97 Å². The van der Waals surface area contributed by atoms with Crippen LogP contribution in [-0.2, 0) is 0 Å². The van der Waals surface area contributed by atoms with Gasteiger partial charge in [0.15, 0.2) is 10.7 Å². The lowest BCUT2D eigenvalue weighted by molar-refractivity contribution is 1.01. The van der Waals surface area contributed by atoms with Gasteiger partial charge in [0.1, 0.15) is 0 Å². The van der Waals surface area contributed by atoms with Crippen LogP contribution in [-0.4, -0.2) is 9.97 Å². The lowest BCUT2D eigenvalue weighted by Gasteiger charge is -1.96. The molecule has 1 aromatic heterocycles. The van der Waals surface area contributed by atoms with Gasteiger partial charge in [-0.25, -0.2) is 9.97 Å². The van der Waals surface area contributed by atoms with Gasteiger partial charge in [0.2, 0.25) is 0 Å². The summed E-state index contributed by atoms with van der Waals surface area (Å²) in [5.74, 6) is 0.368. The van der Waals surface area contributed by atoms with Crippen LogP contribution in [0.3, 0.4) is 0 Å². The van der Waals surface area contributed by atoms with Gasteiger partial charge in [-0.3, -0.25) is 0 Å². The van der Waals surface area contributed by atoms with E-state index < -0.39 is 4.84 Å². The van der Waals surface area contributed by atoms with Gasteiger partial charge in [0, 0.05) is 12.4 Å². The zero-order chi connectivity index (χ0) is 7.56. The molecule has 54 valence electrons. The minimum absolute atomic E-state index is 0.368. The summed E-state index contributed by atoms with van der Waals surface area (Å²) in [7, 11) is 0. The van der Waals surface area contributed by atoms with E-state index in [1.807, 2.05) is 0 Å². The van der Waals surface area contributed by atoms with Gasteiger partial charge in [-0.15, -0.1) is 0 Å². The third-order valence-electron chi connectivity index (χ3n) is 0.835. The van der Waals surface area contributed by atoms with Crippen LogP contribution in [0.25, 0.3) is 0 Å². The molecule has 0 fully saturated rings. The highest BCUT2D eigenvalue weighted by Gasteiger charge is 2.04. The highest BCUT2D eigenvalue weighted by molar-refractivity contribution is 6.43. The summed E-state index contributed by atoms with van der Waals surface area (Å²) in [4.78, 5) is 6.86. The Balaban J connectivity index is 2.89. The second kappa shape index (κ2) is 3.37. The Kier molecular flexibility index (Phi) is 2.72. The van der Waals surface area contributed by atoms with Crippen LogP contribution in [0.1, 0.15) is 10.7 Å². The highest BCUT2D eigenvalue weighted by atomic mass is 35.5. The third kappa shape index (κ3) is 1.97. The van der Waals surface area contributed by atoms with E-state index in [9.17, 15) is 0 Å². The summed E-state index contributed by atoms with van der Waals surface area (Å²) in [6, 6.07) is 0. The van der Waals surface area contributed by atoms with Gasteiger partial charge in [0.25, 0.3) is 0 Å². The Hall–Kier alpha value is -0.0500. The minimum atomic E-state index is -0.683. The Morgan fingerprint density at radius 1 is 1.20 bits per heavy atom. The first-order chi connectivity index (χ1) is 4.70. The SMILES string of the molecule is Clc1cnc(C(Cl)Cl)nc1. The lowest BCUT2D eigenvalue weighted by atomic mass is 10.6. The van der Waals surface area contributed by atoms with E-state index in [1.54, 1.807) is 0 Å². The zero-order valence-corrected chi connectivity index (χ0v) is 7.03. The van der Waals surface area contributed by atoms with E-state index in [1.165, 1.54) is 12.4 Å². The van der Waals surface area contributed by atoms with Crippen molar-refractivity contribution in [3.05, 3.63) is 23.2 Å². The first-order valence-electron chi connectivity index (χ1n) is 2.46. The summed E-state index contributed by atoms with van der Waals surface area (Å²) >= 11 is 16.4. The first kappa shape index (κ1) is 8.05. The molecular formula is C5H3Cl3N2. The van der Waals surface area contributed by atoms with E-state index in [2.05, 4.69) is 9.97 Å². The summed E-state index contributed by atoms with van der Waals surface area (Å²) in [6.07, 6.45) is 2.89. The number of halogens is 3. The Morgan fingerprint density at radius 2 is 1.70 bits per heavy atom. The van der Waals surface area contributed by atoms with E-state index in [0.717, 1.165) is 0 Å². The van der Waals surface area contributed by atoms with Crippen molar-refractivity contribution < 1.29 is 0 Å². The van der Waals surface area contributed by atoms with E-state index in [-0.39, 0.29) is 0 Å². The van der Waals surface area contributed by atoms with Crippen LogP contribution in [0.2, 0.25) is 5.02 Å². The molecule has 0 saturated heterocycles. The number of hydrogen-bond donors (Lipinski definition) is 0. The van der Waals surface area contributed by atoms with Crippen LogP contribution >= 0.6 is 34.8 Å². The summed E-state index contributed by atoms with van der Waals surface area (Å²) in [6.45, 7) is 0. The van der Waals surface area contributed by atoms with Crippen molar-refractivity contribution in [3.63, 3.8) is 0 Å². The lowest BCUT2D eigenvalue weighted by Crippen LogP contribution is -1.90. The molecule has 0 aliphatic carbocycles. The average molecular weight is 197 g/mol. The molecule has 0 amide bonds. The molecular weight excluding hydrogens is 194 g/mol.